The molecule has 3 heteroatoms. The monoisotopic (exact) mass is 340 g/mol. The lowest BCUT2D eigenvalue weighted by Crippen LogP contribution is -2.55. The number of carbonyl (C=O) groups is 1. The molecule has 3 nitrogen and oxygen atoms in total. The summed E-state index contributed by atoms with van der Waals surface area (Å²) in [7, 11) is 0. The van der Waals surface area contributed by atoms with E-state index in [9.17, 15) is 4.79 Å². The van der Waals surface area contributed by atoms with Crippen molar-refractivity contribution in [2.45, 2.75) is 52.2 Å². The number of allylic oxidation sites excluding steroid dienone is 2. The second kappa shape index (κ2) is 6.07. The van der Waals surface area contributed by atoms with Crippen LogP contribution in [-0.4, -0.2) is 24.8 Å². The first kappa shape index (κ1) is 17.0. The predicted molar refractivity (Wildman–Crippen MR) is 97.2 cm³/mol. The lowest BCUT2D eigenvalue weighted by Gasteiger charge is -2.52. The van der Waals surface area contributed by atoms with Crippen LogP contribution in [0.15, 0.2) is 35.9 Å². The number of hydrogen-bond acceptors (Lipinski definition) is 3. The summed E-state index contributed by atoms with van der Waals surface area (Å²) in [6.45, 7) is 7.85. The first-order valence-corrected chi connectivity index (χ1v) is 9.52. The van der Waals surface area contributed by atoms with Crippen molar-refractivity contribution in [1.82, 2.24) is 0 Å². The van der Waals surface area contributed by atoms with Gasteiger partial charge in [0.15, 0.2) is 11.6 Å². The molecule has 1 aromatic carbocycles. The van der Waals surface area contributed by atoms with Crippen LogP contribution in [0.4, 0.5) is 0 Å². The van der Waals surface area contributed by atoms with Gasteiger partial charge in [-0.15, -0.1) is 0 Å². The smallest absolute Gasteiger partial charge is 0.171 e. The standard InChI is InChI=1S/C22H28O3/c1-15-6-4-5-7-17(15)14-18-8-9-19-16(2)22(24-12-13-25-22)11-10-21(19,3)20(18)23/h4-8,16,19H,9-14H2,1-3H3/t16-,19-,21-/m0/s1. The Morgan fingerprint density at radius 2 is 1.88 bits per heavy atom. The van der Waals surface area contributed by atoms with Crippen LogP contribution in [0.5, 0.6) is 0 Å². The number of rotatable bonds is 2. The number of aryl methyl sites for hydroxylation is 1. The number of carbonyl (C=O) groups excluding carboxylic acids is 1. The summed E-state index contributed by atoms with van der Waals surface area (Å²) in [6.07, 6.45) is 5.56. The minimum absolute atomic E-state index is 0.244. The van der Waals surface area contributed by atoms with Gasteiger partial charge in [0, 0.05) is 24.2 Å². The molecule has 0 aromatic heterocycles. The molecular formula is C22H28O3. The van der Waals surface area contributed by atoms with Crippen LogP contribution in [0.25, 0.3) is 0 Å². The fourth-order valence-electron chi connectivity index (χ4n) is 5.22. The Bertz CT molecular complexity index is 714. The molecule has 2 fully saturated rings. The summed E-state index contributed by atoms with van der Waals surface area (Å²) in [4.78, 5) is 13.4. The zero-order valence-electron chi connectivity index (χ0n) is 15.5. The Labute approximate surface area is 150 Å². The van der Waals surface area contributed by atoms with Gasteiger partial charge in [0.1, 0.15) is 0 Å². The van der Waals surface area contributed by atoms with E-state index in [1.807, 2.05) is 0 Å². The van der Waals surface area contributed by atoms with Gasteiger partial charge < -0.3 is 9.47 Å². The molecule has 2 aliphatic carbocycles. The molecule has 1 saturated carbocycles. The van der Waals surface area contributed by atoms with Crippen LogP contribution in [0, 0.1) is 24.2 Å². The molecule has 0 amide bonds. The quantitative estimate of drug-likeness (QED) is 0.808. The molecule has 0 N–H and O–H groups in total. The maximum absolute atomic E-state index is 13.4. The number of ether oxygens (including phenoxy) is 2. The molecular weight excluding hydrogens is 312 g/mol. The lowest BCUT2D eigenvalue weighted by molar-refractivity contribution is -0.239. The molecule has 134 valence electrons. The second-order valence-corrected chi connectivity index (χ2v) is 8.22. The molecule has 3 atom stereocenters. The van der Waals surface area contributed by atoms with Gasteiger partial charge in [0.2, 0.25) is 0 Å². The van der Waals surface area contributed by atoms with Gasteiger partial charge in [-0.2, -0.15) is 0 Å². The van der Waals surface area contributed by atoms with Crippen LogP contribution in [0.2, 0.25) is 0 Å². The highest BCUT2D eigenvalue weighted by Gasteiger charge is 2.58. The average molecular weight is 340 g/mol. The summed E-state index contributed by atoms with van der Waals surface area (Å²) in [6, 6.07) is 8.37. The Balaban J connectivity index is 1.61. The van der Waals surface area contributed by atoms with E-state index in [4.69, 9.17) is 9.47 Å². The first-order valence-electron chi connectivity index (χ1n) is 9.52. The van der Waals surface area contributed by atoms with Crippen LogP contribution in [-0.2, 0) is 20.7 Å². The molecule has 1 saturated heterocycles. The summed E-state index contributed by atoms with van der Waals surface area (Å²) in [5.41, 5.74) is 3.22. The van der Waals surface area contributed by atoms with Crippen molar-refractivity contribution in [2.24, 2.45) is 17.3 Å². The van der Waals surface area contributed by atoms with Gasteiger partial charge in [-0.1, -0.05) is 44.2 Å². The van der Waals surface area contributed by atoms with Crippen molar-refractivity contribution < 1.29 is 14.3 Å². The number of hydrogen-bond donors (Lipinski definition) is 0. The zero-order valence-corrected chi connectivity index (χ0v) is 15.5. The number of benzene rings is 1. The second-order valence-electron chi connectivity index (χ2n) is 8.22. The maximum Gasteiger partial charge on any atom is 0.171 e. The maximum atomic E-state index is 13.4. The molecule has 25 heavy (non-hydrogen) atoms. The molecule has 1 spiro atoms. The van der Waals surface area contributed by atoms with Crippen LogP contribution in [0.3, 0.4) is 0 Å². The van der Waals surface area contributed by atoms with Crippen LogP contribution >= 0.6 is 0 Å². The summed E-state index contributed by atoms with van der Waals surface area (Å²) < 4.78 is 12.0. The highest BCUT2D eigenvalue weighted by Crippen LogP contribution is 2.56. The topological polar surface area (TPSA) is 35.5 Å². The summed E-state index contributed by atoms with van der Waals surface area (Å²) in [5.74, 6) is 0.430. The van der Waals surface area contributed by atoms with Crippen molar-refractivity contribution in [1.29, 1.82) is 0 Å². The van der Waals surface area contributed by atoms with E-state index in [0.29, 0.717) is 24.9 Å². The van der Waals surface area contributed by atoms with Crippen LogP contribution in [0.1, 0.15) is 44.2 Å². The zero-order chi connectivity index (χ0) is 17.7. The molecule has 1 heterocycles. The fourth-order valence-corrected chi connectivity index (χ4v) is 5.22. The van der Waals surface area contributed by atoms with Gasteiger partial charge in [0.05, 0.1) is 13.2 Å². The van der Waals surface area contributed by atoms with Crippen LogP contribution < -0.4 is 0 Å². The van der Waals surface area contributed by atoms with E-state index < -0.39 is 5.79 Å². The Kier molecular flexibility index (Phi) is 4.12. The molecule has 0 bridgehead atoms. The van der Waals surface area contributed by atoms with Crippen molar-refractivity contribution in [2.75, 3.05) is 13.2 Å². The van der Waals surface area contributed by atoms with E-state index in [1.54, 1.807) is 0 Å². The van der Waals surface area contributed by atoms with Gasteiger partial charge in [-0.25, -0.2) is 0 Å². The van der Waals surface area contributed by atoms with Crippen molar-refractivity contribution in [3.63, 3.8) is 0 Å². The fraction of sp³-hybridized carbons (Fsp3) is 0.591. The third-order valence-corrected chi connectivity index (χ3v) is 6.96. The minimum atomic E-state index is -0.453. The third kappa shape index (κ3) is 2.60. The highest BCUT2D eigenvalue weighted by atomic mass is 16.7. The van der Waals surface area contributed by atoms with Gasteiger partial charge >= 0.3 is 0 Å². The number of fused-ring (bicyclic) bond motifs is 1. The number of Topliss-reactive ketones (excluding diaryl/α,β-unsaturated/α-hetero) is 1. The molecule has 1 aliphatic heterocycles. The molecule has 0 radical (unpaired) electrons. The van der Waals surface area contributed by atoms with E-state index >= 15 is 0 Å². The van der Waals surface area contributed by atoms with E-state index in [1.165, 1.54) is 11.1 Å². The normalized spacial score (nSPS) is 34.0. The average Bonchev–Trinajstić information content (AvgIpc) is 3.08. The summed E-state index contributed by atoms with van der Waals surface area (Å²) >= 11 is 0. The Morgan fingerprint density at radius 3 is 2.60 bits per heavy atom. The first-order chi connectivity index (χ1) is 12.0. The van der Waals surface area contributed by atoms with Gasteiger partial charge in [-0.3, -0.25) is 4.79 Å². The third-order valence-electron chi connectivity index (χ3n) is 6.96. The van der Waals surface area contributed by atoms with Gasteiger partial charge in [0.25, 0.3) is 0 Å². The number of ketones is 1. The molecule has 4 rings (SSSR count). The predicted octanol–water partition coefficient (Wildman–Crippen LogP) is 4.23. The van der Waals surface area contributed by atoms with Crippen molar-refractivity contribution in [3.05, 3.63) is 47.0 Å². The Morgan fingerprint density at radius 1 is 1.16 bits per heavy atom. The van der Waals surface area contributed by atoms with Gasteiger partial charge in [-0.05, 0) is 42.4 Å². The molecule has 0 unspecified atom stereocenters. The largest absolute Gasteiger partial charge is 0.347 e. The highest BCUT2D eigenvalue weighted by molar-refractivity contribution is 6.01. The lowest BCUT2D eigenvalue weighted by atomic mass is 9.54. The molecule has 1 aromatic rings. The minimum Gasteiger partial charge on any atom is -0.347 e. The van der Waals surface area contributed by atoms with Crippen molar-refractivity contribution >= 4 is 5.78 Å². The van der Waals surface area contributed by atoms with E-state index in [-0.39, 0.29) is 11.3 Å². The molecule has 3 aliphatic rings. The summed E-state index contributed by atoms with van der Waals surface area (Å²) in [5, 5.41) is 0. The Hall–Kier alpha value is -1.45. The van der Waals surface area contributed by atoms with E-state index in [0.717, 1.165) is 31.3 Å². The van der Waals surface area contributed by atoms with E-state index in [2.05, 4.69) is 51.1 Å². The SMILES string of the molecule is Cc1ccccc1CC1=CC[C@H]2[C@H](C)C3(CC[C@]2(C)C1=O)OCCO3. The van der Waals surface area contributed by atoms with Crippen molar-refractivity contribution in [3.8, 4) is 0 Å².